The van der Waals surface area contributed by atoms with Crippen molar-refractivity contribution < 1.29 is 0 Å². The fraction of sp³-hybridized carbons (Fsp3) is 0.600. The molecule has 100 valence electrons. The van der Waals surface area contributed by atoms with Gasteiger partial charge in [-0.3, -0.25) is 0 Å². The van der Waals surface area contributed by atoms with Crippen LogP contribution in [-0.4, -0.2) is 31.1 Å². The maximum Gasteiger partial charge on any atom is 0.0411 e. The highest BCUT2D eigenvalue weighted by molar-refractivity contribution is 7.98. The Hall–Kier alpha value is -0.670. The van der Waals surface area contributed by atoms with Crippen LogP contribution in [0.4, 0.5) is 5.69 Å². The topological polar surface area (TPSA) is 15.3 Å². The molecule has 0 spiro atoms. The number of rotatable bonds is 7. The van der Waals surface area contributed by atoms with Gasteiger partial charge in [0.1, 0.15) is 0 Å². The fourth-order valence-corrected chi connectivity index (χ4v) is 2.84. The Morgan fingerprint density at radius 1 is 1.39 bits per heavy atom. The molecule has 1 aromatic rings. The van der Waals surface area contributed by atoms with Gasteiger partial charge in [0.25, 0.3) is 0 Å². The molecule has 0 bridgehead atoms. The molecular weight excluding hydrogens is 240 g/mol. The molecule has 1 aliphatic rings. The quantitative estimate of drug-likeness (QED) is 0.814. The second-order valence-corrected chi connectivity index (χ2v) is 6.11. The van der Waals surface area contributed by atoms with Crippen LogP contribution in [0.25, 0.3) is 0 Å². The third kappa shape index (κ3) is 3.66. The first kappa shape index (κ1) is 13.8. The lowest BCUT2D eigenvalue weighted by Crippen LogP contribution is -2.32. The number of hydrogen-bond acceptors (Lipinski definition) is 3. The SMILES string of the molecule is CSCC(C)N(C)c1ccccc1CNC1CC1. The zero-order valence-corrected chi connectivity index (χ0v) is 12.5. The zero-order valence-electron chi connectivity index (χ0n) is 11.6. The number of nitrogens with one attached hydrogen (secondary N) is 1. The molecule has 0 aliphatic heterocycles. The number of benzene rings is 1. The third-order valence-electron chi connectivity index (χ3n) is 3.60. The van der Waals surface area contributed by atoms with E-state index < -0.39 is 0 Å². The first-order valence-electron chi connectivity index (χ1n) is 6.75. The summed E-state index contributed by atoms with van der Waals surface area (Å²) >= 11 is 1.91. The molecule has 2 rings (SSSR count). The third-order valence-corrected chi connectivity index (χ3v) is 4.41. The van der Waals surface area contributed by atoms with Crippen LogP contribution < -0.4 is 10.2 Å². The fourth-order valence-electron chi connectivity index (χ4n) is 2.14. The van der Waals surface area contributed by atoms with Gasteiger partial charge in [0.15, 0.2) is 0 Å². The molecule has 1 atom stereocenters. The largest absolute Gasteiger partial charge is 0.371 e. The van der Waals surface area contributed by atoms with Crippen LogP contribution in [-0.2, 0) is 6.54 Å². The summed E-state index contributed by atoms with van der Waals surface area (Å²) < 4.78 is 0. The summed E-state index contributed by atoms with van der Waals surface area (Å²) in [6.07, 6.45) is 4.87. The predicted octanol–water partition coefficient (Wildman–Crippen LogP) is 3.13. The minimum atomic E-state index is 0.571. The Bertz CT molecular complexity index is 377. The molecule has 1 fully saturated rings. The molecule has 2 nitrogen and oxygen atoms in total. The van der Waals surface area contributed by atoms with Gasteiger partial charge in [-0.05, 0) is 37.7 Å². The Kier molecular flexibility index (Phi) is 4.95. The number of thioether (sulfide) groups is 1. The Balaban J connectivity index is 2.04. The summed E-state index contributed by atoms with van der Waals surface area (Å²) in [7, 11) is 2.21. The van der Waals surface area contributed by atoms with E-state index in [1.807, 2.05) is 11.8 Å². The van der Waals surface area contributed by atoms with E-state index in [9.17, 15) is 0 Å². The van der Waals surface area contributed by atoms with E-state index in [4.69, 9.17) is 0 Å². The summed E-state index contributed by atoms with van der Waals surface area (Å²) in [6, 6.07) is 10.1. The molecule has 0 amide bonds. The number of para-hydroxylation sites is 1. The van der Waals surface area contributed by atoms with Gasteiger partial charge in [-0.1, -0.05) is 18.2 Å². The molecular formula is C15H24N2S. The standard InChI is InChI=1S/C15H24N2S/c1-12(11-18-3)17(2)15-7-5-4-6-13(15)10-16-14-8-9-14/h4-7,12,14,16H,8-11H2,1-3H3. The number of hydrogen-bond donors (Lipinski definition) is 1. The predicted molar refractivity (Wildman–Crippen MR) is 82.6 cm³/mol. The van der Waals surface area contributed by atoms with E-state index in [2.05, 4.69) is 54.7 Å². The van der Waals surface area contributed by atoms with Gasteiger partial charge < -0.3 is 10.2 Å². The Morgan fingerprint density at radius 2 is 2.11 bits per heavy atom. The summed E-state index contributed by atoms with van der Waals surface area (Å²) in [5.74, 6) is 1.17. The highest BCUT2D eigenvalue weighted by Crippen LogP contribution is 2.24. The van der Waals surface area contributed by atoms with Crippen molar-refractivity contribution >= 4 is 17.4 Å². The van der Waals surface area contributed by atoms with E-state index in [0.29, 0.717) is 6.04 Å². The maximum atomic E-state index is 3.61. The van der Waals surface area contributed by atoms with E-state index in [-0.39, 0.29) is 0 Å². The van der Waals surface area contributed by atoms with Crippen molar-refractivity contribution in [1.29, 1.82) is 0 Å². The zero-order chi connectivity index (χ0) is 13.0. The summed E-state index contributed by atoms with van der Waals surface area (Å²) in [4.78, 5) is 2.40. The van der Waals surface area contributed by atoms with Gasteiger partial charge in [-0.25, -0.2) is 0 Å². The molecule has 0 heterocycles. The van der Waals surface area contributed by atoms with Crippen LogP contribution in [0.3, 0.4) is 0 Å². The summed E-state index contributed by atoms with van der Waals surface area (Å²) in [6.45, 7) is 3.29. The monoisotopic (exact) mass is 264 g/mol. The van der Waals surface area contributed by atoms with E-state index in [0.717, 1.165) is 12.6 Å². The lowest BCUT2D eigenvalue weighted by Gasteiger charge is -2.28. The summed E-state index contributed by atoms with van der Waals surface area (Å²) in [5, 5.41) is 3.61. The van der Waals surface area contributed by atoms with Crippen molar-refractivity contribution in [3.8, 4) is 0 Å². The highest BCUT2D eigenvalue weighted by Gasteiger charge is 2.21. The van der Waals surface area contributed by atoms with Crippen LogP contribution in [0.2, 0.25) is 0 Å². The van der Waals surface area contributed by atoms with Crippen LogP contribution in [0.5, 0.6) is 0 Å². The second kappa shape index (κ2) is 6.48. The van der Waals surface area contributed by atoms with E-state index >= 15 is 0 Å². The van der Waals surface area contributed by atoms with Crippen molar-refractivity contribution in [1.82, 2.24) is 5.32 Å². The van der Waals surface area contributed by atoms with Crippen molar-refractivity contribution in [2.75, 3.05) is 24.0 Å². The van der Waals surface area contributed by atoms with Gasteiger partial charge in [-0.15, -0.1) is 0 Å². The van der Waals surface area contributed by atoms with Gasteiger partial charge in [0.2, 0.25) is 0 Å². The molecule has 3 heteroatoms. The van der Waals surface area contributed by atoms with Gasteiger partial charge in [-0.2, -0.15) is 11.8 Å². The first-order valence-corrected chi connectivity index (χ1v) is 8.15. The van der Waals surface area contributed by atoms with Crippen LogP contribution in [0, 0.1) is 0 Å². The number of anilines is 1. The first-order chi connectivity index (χ1) is 8.72. The molecule has 0 radical (unpaired) electrons. The van der Waals surface area contributed by atoms with Gasteiger partial charge in [0.05, 0.1) is 0 Å². The molecule has 1 saturated carbocycles. The van der Waals surface area contributed by atoms with Crippen LogP contribution in [0.15, 0.2) is 24.3 Å². The van der Waals surface area contributed by atoms with Gasteiger partial charge in [0, 0.05) is 37.1 Å². The lowest BCUT2D eigenvalue weighted by molar-refractivity contribution is 0.680. The minimum Gasteiger partial charge on any atom is -0.371 e. The van der Waals surface area contributed by atoms with Crippen LogP contribution >= 0.6 is 11.8 Å². The van der Waals surface area contributed by atoms with Crippen LogP contribution in [0.1, 0.15) is 25.3 Å². The van der Waals surface area contributed by atoms with Crippen molar-refractivity contribution in [3.05, 3.63) is 29.8 Å². The number of nitrogens with zero attached hydrogens (tertiary/aromatic N) is 1. The molecule has 1 aliphatic carbocycles. The second-order valence-electron chi connectivity index (χ2n) is 5.20. The average Bonchev–Trinajstić information content (AvgIpc) is 3.20. The molecule has 0 aromatic heterocycles. The maximum absolute atomic E-state index is 3.61. The van der Waals surface area contributed by atoms with Crippen molar-refractivity contribution in [2.24, 2.45) is 0 Å². The average molecular weight is 264 g/mol. The molecule has 0 saturated heterocycles. The van der Waals surface area contributed by atoms with Crippen molar-refractivity contribution in [2.45, 2.75) is 38.4 Å². The molecule has 18 heavy (non-hydrogen) atoms. The highest BCUT2D eigenvalue weighted by atomic mass is 32.2. The van der Waals surface area contributed by atoms with Gasteiger partial charge >= 0.3 is 0 Å². The minimum absolute atomic E-state index is 0.571. The van der Waals surface area contributed by atoms with Crippen molar-refractivity contribution in [3.63, 3.8) is 0 Å². The molecule has 1 N–H and O–H groups in total. The lowest BCUT2D eigenvalue weighted by atomic mass is 10.1. The molecule has 1 unspecified atom stereocenters. The smallest absolute Gasteiger partial charge is 0.0411 e. The summed E-state index contributed by atoms with van der Waals surface area (Å²) in [5.41, 5.74) is 2.78. The van der Waals surface area contributed by atoms with E-state index in [1.54, 1.807) is 0 Å². The Morgan fingerprint density at radius 3 is 2.78 bits per heavy atom. The normalized spacial score (nSPS) is 16.6. The Labute approximate surface area is 115 Å². The molecule has 1 aromatic carbocycles. The van der Waals surface area contributed by atoms with E-state index in [1.165, 1.54) is 29.8 Å².